The van der Waals surface area contributed by atoms with Crippen molar-refractivity contribution >= 4 is 23.5 Å². The number of aromatic carboxylic acids is 1. The molecule has 0 bridgehead atoms. The maximum absolute atomic E-state index is 12.0. The third-order valence-electron chi connectivity index (χ3n) is 2.88. The van der Waals surface area contributed by atoms with Crippen molar-refractivity contribution < 1.29 is 14.7 Å². The molecule has 2 rings (SSSR count). The molecule has 112 valence electrons. The smallest absolute Gasteiger partial charge is 0.354 e. The van der Waals surface area contributed by atoms with Crippen molar-refractivity contribution in [2.24, 2.45) is 0 Å². The van der Waals surface area contributed by atoms with E-state index in [4.69, 9.17) is 16.7 Å². The van der Waals surface area contributed by atoms with Gasteiger partial charge in [0.2, 0.25) is 5.91 Å². The fourth-order valence-corrected chi connectivity index (χ4v) is 1.96. The number of amides is 1. The average molecular weight is 312 g/mol. The molecule has 0 fully saturated rings. The van der Waals surface area contributed by atoms with E-state index in [-0.39, 0.29) is 11.6 Å². The van der Waals surface area contributed by atoms with Crippen LogP contribution >= 0.6 is 11.6 Å². The topological polar surface area (TPSA) is 102 Å². The van der Waals surface area contributed by atoms with Crippen molar-refractivity contribution in [1.29, 1.82) is 0 Å². The van der Waals surface area contributed by atoms with Crippen LogP contribution in [0.5, 0.6) is 0 Å². The van der Waals surface area contributed by atoms with Gasteiger partial charge in [0.05, 0.1) is 17.8 Å². The molecule has 2 N–H and O–H groups in total. The number of carboxylic acids is 1. The minimum atomic E-state index is -1.13. The molecule has 1 atom stereocenters. The van der Waals surface area contributed by atoms with Crippen LogP contribution in [0.1, 0.15) is 23.5 Å². The number of rotatable bonds is 6. The van der Waals surface area contributed by atoms with Gasteiger partial charge in [-0.1, -0.05) is 11.6 Å². The minimum absolute atomic E-state index is 0.0310. The molecule has 0 saturated carbocycles. The Morgan fingerprint density at radius 1 is 1.48 bits per heavy atom. The number of halogens is 1. The SMILES string of the molecule is CC(C(=O)NCCn1cc(Cl)cn1)n1nccc1C(=O)O. The van der Waals surface area contributed by atoms with E-state index in [1.807, 2.05) is 0 Å². The first-order chi connectivity index (χ1) is 9.99. The number of nitrogens with one attached hydrogen (secondary N) is 1. The van der Waals surface area contributed by atoms with Crippen LogP contribution in [0.4, 0.5) is 0 Å². The van der Waals surface area contributed by atoms with Gasteiger partial charge in [0, 0.05) is 18.9 Å². The summed E-state index contributed by atoms with van der Waals surface area (Å²) in [7, 11) is 0. The standard InChI is InChI=1S/C12H14ClN5O3/c1-8(18-10(12(20)21)2-3-15-18)11(19)14-4-5-17-7-9(13)6-16-17/h2-3,6-8H,4-5H2,1H3,(H,14,19)(H,20,21). The van der Waals surface area contributed by atoms with E-state index in [1.54, 1.807) is 17.8 Å². The number of carbonyl (C=O) groups excluding carboxylic acids is 1. The van der Waals surface area contributed by atoms with Crippen LogP contribution < -0.4 is 5.32 Å². The number of aromatic nitrogens is 4. The van der Waals surface area contributed by atoms with E-state index in [0.29, 0.717) is 18.1 Å². The van der Waals surface area contributed by atoms with E-state index in [0.717, 1.165) is 0 Å². The molecule has 0 aliphatic heterocycles. The predicted octanol–water partition coefficient (Wildman–Crippen LogP) is 0.809. The Labute approximate surface area is 125 Å². The molecule has 0 spiro atoms. The molecule has 21 heavy (non-hydrogen) atoms. The zero-order valence-corrected chi connectivity index (χ0v) is 12.0. The van der Waals surface area contributed by atoms with Gasteiger partial charge in [-0.05, 0) is 13.0 Å². The lowest BCUT2D eigenvalue weighted by atomic mass is 10.3. The molecule has 0 aliphatic rings. The molecule has 2 heterocycles. The zero-order valence-electron chi connectivity index (χ0n) is 11.2. The highest BCUT2D eigenvalue weighted by atomic mass is 35.5. The Morgan fingerprint density at radius 3 is 2.86 bits per heavy atom. The lowest BCUT2D eigenvalue weighted by Gasteiger charge is -2.14. The third kappa shape index (κ3) is 3.60. The molecule has 1 unspecified atom stereocenters. The van der Waals surface area contributed by atoms with E-state index in [2.05, 4.69) is 15.5 Å². The number of hydrogen-bond acceptors (Lipinski definition) is 4. The Hall–Kier alpha value is -2.35. The van der Waals surface area contributed by atoms with Crippen molar-refractivity contribution in [3.8, 4) is 0 Å². The first-order valence-electron chi connectivity index (χ1n) is 6.21. The lowest BCUT2D eigenvalue weighted by molar-refractivity contribution is -0.124. The molecule has 0 saturated heterocycles. The summed E-state index contributed by atoms with van der Waals surface area (Å²) < 4.78 is 2.77. The van der Waals surface area contributed by atoms with Crippen LogP contribution in [0.15, 0.2) is 24.7 Å². The van der Waals surface area contributed by atoms with Crippen molar-refractivity contribution in [3.05, 3.63) is 35.4 Å². The first-order valence-corrected chi connectivity index (χ1v) is 6.59. The van der Waals surface area contributed by atoms with Gasteiger partial charge in [-0.25, -0.2) is 9.48 Å². The summed E-state index contributed by atoms with van der Waals surface area (Å²) in [5.74, 6) is -1.45. The molecule has 0 radical (unpaired) electrons. The Kier molecular flexibility index (Phi) is 4.59. The Bertz CT molecular complexity index is 651. The third-order valence-corrected chi connectivity index (χ3v) is 3.07. The van der Waals surface area contributed by atoms with Gasteiger partial charge < -0.3 is 10.4 Å². The van der Waals surface area contributed by atoms with Crippen LogP contribution in [0.2, 0.25) is 5.02 Å². The Balaban J connectivity index is 1.90. The summed E-state index contributed by atoms with van der Waals surface area (Å²) >= 11 is 5.73. The molecule has 0 aromatic carbocycles. The van der Waals surface area contributed by atoms with Gasteiger partial charge in [-0.3, -0.25) is 9.48 Å². The van der Waals surface area contributed by atoms with Gasteiger partial charge in [-0.15, -0.1) is 0 Å². The molecule has 1 amide bonds. The number of carbonyl (C=O) groups is 2. The summed E-state index contributed by atoms with van der Waals surface area (Å²) in [6.07, 6.45) is 4.50. The fourth-order valence-electron chi connectivity index (χ4n) is 1.81. The van der Waals surface area contributed by atoms with Gasteiger partial charge >= 0.3 is 5.97 Å². The van der Waals surface area contributed by atoms with E-state index in [9.17, 15) is 9.59 Å². The number of hydrogen-bond donors (Lipinski definition) is 2. The second-order valence-electron chi connectivity index (χ2n) is 4.35. The number of nitrogens with zero attached hydrogens (tertiary/aromatic N) is 4. The van der Waals surface area contributed by atoms with Crippen LogP contribution in [-0.4, -0.2) is 43.1 Å². The number of carboxylic acid groups (broad SMARTS) is 1. The van der Waals surface area contributed by atoms with E-state index >= 15 is 0 Å². The first kappa shape index (κ1) is 15.0. The Morgan fingerprint density at radius 2 is 2.24 bits per heavy atom. The van der Waals surface area contributed by atoms with E-state index < -0.39 is 12.0 Å². The van der Waals surface area contributed by atoms with Crippen molar-refractivity contribution in [1.82, 2.24) is 24.9 Å². The maximum atomic E-state index is 12.0. The van der Waals surface area contributed by atoms with Crippen LogP contribution in [-0.2, 0) is 11.3 Å². The molecular weight excluding hydrogens is 298 g/mol. The van der Waals surface area contributed by atoms with Crippen LogP contribution in [0.3, 0.4) is 0 Å². The molecule has 2 aromatic heterocycles. The fraction of sp³-hybridized carbons (Fsp3) is 0.333. The van der Waals surface area contributed by atoms with Crippen LogP contribution in [0, 0.1) is 0 Å². The minimum Gasteiger partial charge on any atom is -0.477 e. The molecule has 2 aromatic rings. The second kappa shape index (κ2) is 6.40. The summed E-state index contributed by atoms with van der Waals surface area (Å²) in [4.78, 5) is 23.0. The molecule has 9 heteroatoms. The summed E-state index contributed by atoms with van der Waals surface area (Å²) in [6, 6.07) is 0.630. The zero-order chi connectivity index (χ0) is 15.4. The summed E-state index contributed by atoms with van der Waals surface area (Å²) in [5.41, 5.74) is -0.0310. The normalized spacial score (nSPS) is 12.1. The quantitative estimate of drug-likeness (QED) is 0.822. The molecule has 8 nitrogen and oxygen atoms in total. The van der Waals surface area contributed by atoms with Gasteiger partial charge in [0.25, 0.3) is 0 Å². The largest absolute Gasteiger partial charge is 0.477 e. The van der Waals surface area contributed by atoms with Crippen molar-refractivity contribution in [2.75, 3.05) is 6.54 Å². The monoisotopic (exact) mass is 311 g/mol. The molecular formula is C12H14ClN5O3. The maximum Gasteiger partial charge on any atom is 0.354 e. The van der Waals surface area contributed by atoms with Crippen molar-refractivity contribution in [3.63, 3.8) is 0 Å². The van der Waals surface area contributed by atoms with Gasteiger partial charge in [0.15, 0.2) is 0 Å². The van der Waals surface area contributed by atoms with Gasteiger partial charge in [0.1, 0.15) is 11.7 Å². The predicted molar refractivity (Wildman–Crippen MR) is 74.1 cm³/mol. The average Bonchev–Trinajstić information content (AvgIpc) is 3.06. The second-order valence-corrected chi connectivity index (χ2v) is 4.79. The highest BCUT2D eigenvalue weighted by Crippen LogP contribution is 2.09. The highest BCUT2D eigenvalue weighted by molar-refractivity contribution is 6.30. The lowest BCUT2D eigenvalue weighted by Crippen LogP contribution is -2.34. The van der Waals surface area contributed by atoms with Crippen LogP contribution in [0.25, 0.3) is 0 Å². The summed E-state index contributed by atoms with van der Waals surface area (Å²) in [5, 5.41) is 20.1. The highest BCUT2D eigenvalue weighted by Gasteiger charge is 2.20. The summed E-state index contributed by atoms with van der Waals surface area (Å²) in [6.45, 7) is 2.40. The van der Waals surface area contributed by atoms with Crippen molar-refractivity contribution in [2.45, 2.75) is 19.5 Å². The van der Waals surface area contributed by atoms with E-state index in [1.165, 1.54) is 23.1 Å². The van der Waals surface area contributed by atoms with Gasteiger partial charge in [-0.2, -0.15) is 10.2 Å². The molecule has 0 aliphatic carbocycles.